The number of nitrogens with zero attached hydrogens (tertiary/aromatic N) is 3. The molecule has 0 amide bonds. The highest BCUT2D eigenvalue weighted by Gasteiger charge is 2.09. The summed E-state index contributed by atoms with van der Waals surface area (Å²) in [4.78, 5) is 0. The second-order valence-electron chi connectivity index (χ2n) is 3.75. The molecule has 0 spiro atoms. The summed E-state index contributed by atoms with van der Waals surface area (Å²) < 4.78 is 0.804. The van der Waals surface area contributed by atoms with Gasteiger partial charge >= 0.3 is 0 Å². The first-order valence-electron chi connectivity index (χ1n) is 5.41. The molecule has 2 aromatic rings. The van der Waals surface area contributed by atoms with E-state index in [-0.39, 0.29) is 5.25 Å². The van der Waals surface area contributed by atoms with Crippen LogP contribution in [0.2, 0.25) is 0 Å². The Bertz CT molecular complexity index is 556. The molecule has 0 aliphatic heterocycles. The number of hydrogen-bond acceptors (Lipinski definition) is 6. The number of thioether (sulfide) groups is 1. The predicted molar refractivity (Wildman–Crippen MR) is 75.3 cm³/mol. The standard InChI is InChI=1S/C12H12N4S2/c1-8-3-5-10(6-4-8)14-11-15-16-12(18-11)17-9(2)7-13/h3-6,9H,1-2H3,(H,14,15). The van der Waals surface area contributed by atoms with Crippen LogP contribution in [0.25, 0.3) is 0 Å². The van der Waals surface area contributed by atoms with Crippen molar-refractivity contribution in [1.29, 1.82) is 5.26 Å². The molecule has 1 aromatic carbocycles. The van der Waals surface area contributed by atoms with Gasteiger partial charge in [-0.3, -0.25) is 0 Å². The second-order valence-corrected chi connectivity index (χ2v) is 6.32. The highest BCUT2D eigenvalue weighted by Crippen LogP contribution is 2.29. The molecule has 1 unspecified atom stereocenters. The summed E-state index contributed by atoms with van der Waals surface area (Å²) in [7, 11) is 0. The lowest BCUT2D eigenvalue weighted by molar-refractivity contribution is 1.01. The van der Waals surface area contributed by atoms with Crippen LogP contribution in [0.3, 0.4) is 0 Å². The Labute approximate surface area is 114 Å². The molecule has 0 aliphatic rings. The van der Waals surface area contributed by atoms with Gasteiger partial charge in [0, 0.05) is 5.69 Å². The van der Waals surface area contributed by atoms with E-state index in [1.807, 2.05) is 38.1 Å². The highest BCUT2D eigenvalue weighted by molar-refractivity contribution is 8.01. The Balaban J connectivity index is 2.02. The first kappa shape index (κ1) is 12.9. The summed E-state index contributed by atoms with van der Waals surface area (Å²) in [5, 5.41) is 20.6. The number of nitriles is 1. The van der Waals surface area contributed by atoms with Crippen LogP contribution in [0, 0.1) is 18.3 Å². The lowest BCUT2D eigenvalue weighted by Gasteiger charge is -2.01. The van der Waals surface area contributed by atoms with Crippen LogP contribution >= 0.6 is 23.1 Å². The molecule has 6 heteroatoms. The molecular weight excluding hydrogens is 264 g/mol. The minimum absolute atomic E-state index is 0.106. The molecule has 1 atom stereocenters. The number of hydrogen-bond donors (Lipinski definition) is 1. The zero-order valence-corrected chi connectivity index (χ0v) is 11.7. The topological polar surface area (TPSA) is 61.6 Å². The molecule has 4 nitrogen and oxygen atoms in total. The van der Waals surface area contributed by atoms with E-state index in [0.717, 1.165) is 15.2 Å². The van der Waals surface area contributed by atoms with Crippen molar-refractivity contribution in [3.63, 3.8) is 0 Å². The average Bonchev–Trinajstić information content (AvgIpc) is 2.79. The van der Waals surface area contributed by atoms with Gasteiger partial charge in [-0.1, -0.05) is 40.8 Å². The minimum atomic E-state index is -0.106. The van der Waals surface area contributed by atoms with E-state index in [4.69, 9.17) is 5.26 Å². The second kappa shape index (κ2) is 5.85. The summed E-state index contributed by atoms with van der Waals surface area (Å²) in [5.41, 5.74) is 2.21. The third-order valence-corrected chi connectivity index (χ3v) is 4.08. The van der Waals surface area contributed by atoms with Gasteiger partial charge in [-0.15, -0.1) is 10.2 Å². The first-order chi connectivity index (χ1) is 8.67. The summed E-state index contributed by atoms with van der Waals surface area (Å²) >= 11 is 2.88. The number of nitrogens with one attached hydrogen (secondary N) is 1. The van der Waals surface area contributed by atoms with Gasteiger partial charge < -0.3 is 5.32 Å². The molecule has 1 N–H and O–H groups in total. The number of rotatable bonds is 4. The van der Waals surface area contributed by atoms with Crippen LogP contribution in [0.1, 0.15) is 12.5 Å². The molecule has 0 saturated carbocycles. The molecule has 0 radical (unpaired) electrons. The van der Waals surface area contributed by atoms with Gasteiger partial charge in [0.15, 0.2) is 4.34 Å². The third kappa shape index (κ3) is 3.45. The van der Waals surface area contributed by atoms with Crippen LogP contribution in [0.4, 0.5) is 10.8 Å². The molecule has 0 saturated heterocycles. The molecule has 92 valence electrons. The van der Waals surface area contributed by atoms with Crippen molar-refractivity contribution in [2.75, 3.05) is 5.32 Å². The molecule has 0 fully saturated rings. The smallest absolute Gasteiger partial charge is 0.210 e. The van der Waals surface area contributed by atoms with Crippen LogP contribution in [0.15, 0.2) is 28.6 Å². The van der Waals surface area contributed by atoms with Crippen molar-refractivity contribution in [3.05, 3.63) is 29.8 Å². The van der Waals surface area contributed by atoms with Crippen LogP contribution < -0.4 is 5.32 Å². The fraction of sp³-hybridized carbons (Fsp3) is 0.250. The Morgan fingerprint density at radius 1 is 1.33 bits per heavy atom. The number of benzene rings is 1. The number of aryl methyl sites for hydroxylation is 1. The lowest BCUT2D eigenvalue weighted by Crippen LogP contribution is -1.89. The maximum Gasteiger partial charge on any atom is 0.210 e. The van der Waals surface area contributed by atoms with Crippen LogP contribution in [-0.4, -0.2) is 15.4 Å². The molecule has 1 aromatic heterocycles. The van der Waals surface area contributed by atoms with Crippen LogP contribution in [-0.2, 0) is 0 Å². The zero-order chi connectivity index (χ0) is 13.0. The molecule has 18 heavy (non-hydrogen) atoms. The highest BCUT2D eigenvalue weighted by atomic mass is 32.2. The fourth-order valence-corrected chi connectivity index (χ4v) is 3.05. The van der Waals surface area contributed by atoms with Crippen molar-refractivity contribution < 1.29 is 0 Å². The van der Waals surface area contributed by atoms with Gasteiger partial charge in [0.25, 0.3) is 0 Å². The van der Waals surface area contributed by atoms with Crippen molar-refractivity contribution >= 4 is 33.9 Å². The van der Waals surface area contributed by atoms with E-state index in [2.05, 4.69) is 21.6 Å². The van der Waals surface area contributed by atoms with Crippen molar-refractivity contribution in [3.8, 4) is 6.07 Å². The Kier molecular flexibility index (Phi) is 4.18. The quantitative estimate of drug-likeness (QED) is 0.865. The summed E-state index contributed by atoms with van der Waals surface area (Å²) in [6, 6.07) is 10.2. The van der Waals surface area contributed by atoms with Crippen molar-refractivity contribution in [2.45, 2.75) is 23.4 Å². The molecular formula is C12H12N4S2. The van der Waals surface area contributed by atoms with E-state index < -0.39 is 0 Å². The van der Waals surface area contributed by atoms with Crippen molar-refractivity contribution in [2.24, 2.45) is 0 Å². The van der Waals surface area contributed by atoms with Crippen LogP contribution in [0.5, 0.6) is 0 Å². The Morgan fingerprint density at radius 2 is 2.06 bits per heavy atom. The Hall–Kier alpha value is -1.58. The maximum absolute atomic E-state index is 8.73. The summed E-state index contributed by atoms with van der Waals surface area (Å²) in [6.07, 6.45) is 0. The molecule has 2 rings (SSSR count). The number of aromatic nitrogens is 2. The largest absolute Gasteiger partial charge is 0.330 e. The number of anilines is 2. The first-order valence-corrected chi connectivity index (χ1v) is 7.10. The van der Waals surface area contributed by atoms with E-state index in [9.17, 15) is 0 Å². The molecule has 0 aliphatic carbocycles. The zero-order valence-electron chi connectivity index (χ0n) is 10.0. The van der Waals surface area contributed by atoms with Gasteiger partial charge in [0.1, 0.15) is 0 Å². The van der Waals surface area contributed by atoms with E-state index >= 15 is 0 Å². The normalized spacial score (nSPS) is 11.8. The average molecular weight is 276 g/mol. The third-order valence-electron chi connectivity index (χ3n) is 2.17. The van der Waals surface area contributed by atoms with Gasteiger partial charge in [-0.05, 0) is 26.0 Å². The van der Waals surface area contributed by atoms with Gasteiger partial charge in [0.05, 0.1) is 11.3 Å². The van der Waals surface area contributed by atoms with E-state index in [1.165, 1.54) is 28.7 Å². The predicted octanol–water partition coefficient (Wildman–Crippen LogP) is 3.59. The Morgan fingerprint density at radius 3 is 2.72 bits per heavy atom. The SMILES string of the molecule is Cc1ccc(Nc2nnc(SC(C)C#N)s2)cc1. The lowest BCUT2D eigenvalue weighted by atomic mass is 10.2. The molecule has 0 bridgehead atoms. The fourth-order valence-electron chi connectivity index (χ4n) is 1.25. The van der Waals surface area contributed by atoms with E-state index in [1.54, 1.807) is 0 Å². The van der Waals surface area contributed by atoms with Gasteiger partial charge in [-0.25, -0.2) is 0 Å². The molecule has 1 heterocycles. The van der Waals surface area contributed by atoms with Gasteiger partial charge in [-0.2, -0.15) is 5.26 Å². The van der Waals surface area contributed by atoms with E-state index in [0.29, 0.717) is 0 Å². The maximum atomic E-state index is 8.73. The summed E-state index contributed by atoms with van der Waals surface area (Å²) in [5.74, 6) is 0. The monoisotopic (exact) mass is 276 g/mol. The van der Waals surface area contributed by atoms with Crippen molar-refractivity contribution in [1.82, 2.24) is 10.2 Å². The summed E-state index contributed by atoms with van der Waals surface area (Å²) in [6.45, 7) is 3.89. The minimum Gasteiger partial charge on any atom is -0.330 e. The van der Waals surface area contributed by atoms with Gasteiger partial charge in [0.2, 0.25) is 5.13 Å².